The van der Waals surface area contributed by atoms with Crippen molar-refractivity contribution in [2.75, 3.05) is 7.11 Å². The number of hydrogen-bond donors (Lipinski definition) is 0. The van der Waals surface area contributed by atoms with Gasteiger partial charge >= 0.3 is 5.97 Å². The molecule has 0 N–H and O–H groups in total. The number of halogens is 1. The Morgan fingerprint density at radius 2 is 1.84 bits per heavy atom. The molecule has 0 fully saturated rings. The summed E-state index contributed by atoms with van der Waals surface area (Å²) in [6, 6.07) is 10.9. The number of esters is 1. The smallest absolute Gasteiger partial charge is 0.310 e. The number of benzene rings is 1. The van der Waals surface area contributed by atoms with Crippen molar-refractivity contribution in [3.8, 4) is 0 Å². The standard InChI is InChI=1S/C15H23ClO2Si/c1-5-19(6-2,7-3)14(15(17)18-4)12-9-8-10-13(16)11-12/h8-11,14H,5-7H2,1-4H3/t14-/m0/s1. The van der Waals surface area contributed by atoms with Gasteiger partial charge in [0, 0.05) is 5.02 Å². The van der Waals surface area contributed by atoms with Gasteiger partial charge in [0.25, 0.3) is 0 Å². The van der Waals surface area contributed by atoms with E-state index in [0.717, 1.165) is 23.7 Å². The first-order valence-corrected chi connectivity index (χ1v) is 9.95. The number of carbonyl (C=O) groups excluding carboxylic acids is 1. The number of methoxy groups -OCH3 is 1. The van der Waals surface area contributed by atoms with Gasteiger partial charge in [-0.15, -0.1) is 0 Å². The summed E-state index contributed by atoms with van der Waals surface area (Å²) in [6.45, 7) is 6.58. The molecule has 0 saturated heterocycles. The summed E-state index contributed by atoms with van der Waals surface area (Å²) in [4.78, 5) is 12.3. The van der Waals surface area contributed by atoms with Crippen LogP contribution in [-0.2, 0) is 9.53 Å². The molecule has 0 aliphatic rings. The molecule has 0 amide bonds. The minimum absolute atomic E-state index is 0.112. The molecule has 1 aromatic carbocycles. The molecule has 0 aromatic heterocycles. The van der Waals surface area contributed by atoms with Crippen molar-refractivity contribution in [1.29, 1.82) is 0 Å². The lowest BCUT2D eigenvalue weighted by Gasteiger charge is -2.35. The highest BCUT2D eigenvalue weighted by Crippen LogP contribution is 2.37. The van der Waals surface area contributed by atoms with E-state index in [-0.39, 0.29) is 11.5 Å². The van der Waals surface area contributed by atoms with Crippen molar-refractivity contribution in [2.45, 2.75) is 44.4 Å². The van der Waals surface area contributed by atoms with Gasteiger partial charge in [-0.05, 0) is 17.7 Å². The molecule has 0 heterocycles. The van der Waals surface area contributed by atoms with E-state index in [2.05, 4.69) is 20.8 Å². The zero-order valence-corrected chi connectivity index (χ0v) is 14.0. The highest BCUT2D eigenvalue weighted by molar-refractivity contribution is 6.83. The van der Waals surface area contributed by atoms with Crippen LogP contribution in [0.15, 0.2) is 24.3 Å². The van der Waals surface area contributed by atoms with Crippen molar-refractivity contribution in [3.63, 3.8) is 0 Å². The molecule has 0 aliphatic carbocycles. The lowest BCUT2D eigenvalue weighted by Crippen LogP contribution is -2.44. The molecule has 1 rings (SSSR count). The highest BCUT2D eigenvalue weighted by Gasteiger charge is 2.42. The van der Waals surface area contributed by atoms with Gasteiger partial charge in [-0.25, -0.2) is 0 Å². The zero-order chi connectivity index (χ0) is 14.5. The van der Waals surface area contributed by atoms with Crippen molar-refractivity contribution >= 4 is 25.6 Å². The van der Waals surface area contributed by atoms with Gasteiger partial charge in [-0.2, -0.15) is 0 Å². The molecule has 2 nitrogen and oxygen atoms in total. The lowest BCUT2D eigenvalue weighted by molar-refractivity contribution is -0.140. The van der Waals surface area contributed by atoms with Crippen molar-refractivity contribution in [3.05, 3.63) is 34.9 Å². The molecule has 4 heteroatoms. The largest absolute Gasteiger partial charge is 0.469 e. The van der Waals surface area contributed by atoms with Gasteiger partial charge in [0.15, 0.2) is 0 Å². The summed E-state index contributed by atoms with van der Waals surface area (Å²) >= 11 is 6.08. The van der Waals surface area contributed by atoms with E-state index in [1.54, 1.807) is 0 Å². The Morgan fingerprint density at radius 1 is 1.26 bits per heavy atom. The predicted octanol–water partition coefficient (Wildman–Crippen LogP) is 4.64. The minimum Gasteiger partial charge on any atom is -0.469 e. The van der Waals surface area contributed by atoms with E-state index in [9.17, 15) is 4.79 Å². The third-order valence-corrected chi connectivity index (χ3v) is 10.6. The van der Waals surface area contributed by atoms with Crippen LogP contribution < -0.4 is 0 Å². The Balaban J connectivity index is 3.32. The van der Waals surface area contributed by atoms with Crippen LogP contribution in [0.4, 0.5) is 0 Å². The molecule has 1 aromatic rings. The monoisotopic (exact) mass is 298 g/mol. The average Bonchev–Trinajstić information content (AvgIpc) is 2.44. The van der Waals surface area contributed by atoms with E-state index >= 15 is 0 Å². The summed E-state index contributed by atoms with van der Waals surface area (Å²) < 4.78 is 5.07. The third-order valence-electron chi connectivity index (χ3n) is 4.34. The summed E-state index contributed by atoms with van der Waals surface area (Å²) in [5.41, 5.74) is 0.896. The molecule has 19 heavy (non-hydrogen) atoms. The molecule has 0 radical (unpaired) electrons. The second kappa shape index (κ2) is 7.11. The summed E-state index contributed by atoms with van der Waals surface area (Å²) in [5, 5.41) is 0.678. The lowest BCUT2D eigenvalue weighted by atomic mass is 10.1. The third kappa shape index (κ3) is 3.40. The maximum absolute atomic E-state index is 12.3. The first-order valence-electron chi connectivity index (χ1n) is 6.87. The number of ether oxygens (including phenoxy) is 1. The first kappa shape index (κ1) is 16.3. The fraction of sp³-hybridized carbons (Fsp3) is 0.533. The van der Waals surface area contributed by atoms with Crippen LogP contribution in [-0.4, -0.2) is 21.2 Å². The number of carbonyl (C=O) groups is 1. The predicted molar refractivity (Wildman–Crippen MR) is 83.4 cm³/mol. The van der Waals surface area contributed by atoms with Crippen LogP contribution in [0.25, 0.3) is 0 Å². The SMILES string of the molecule is CC[Si](CC)(CC)[C@H](C(=O)OC)c1cccc(Cl)c1. The molecular formula is C15H23ClO2Si. The van der Waals surface area contributed by atoms with Gasteiger partial charge in [0.05, 0.1) is 20.7 Å². The van der Waals surface area contributed by atoms with E-state index in [0.29, 0.717) is 5.02 Å². The maximum Gasteiger partial charge on any atom is 0.310 e. The van der Waals surface area contributed by atoms with E-state index < -0.39 is 8.07 Å². The molecule has 106 valence electrons. The van der Waals surface area contributed by atoms with Gasteiger partial charge in [-0.3, -0.25) is 4.79 Å². The Labute approximate surface area is 122 Å². The fourth-order valence-corrected chi connectivity index (χ4v) is 7.33. The quantitative estimate of drug-likeness (QED) is 0.565. The molecule has 0 aliphatic heterocycles. The normalized spacial score (nSPS) is 13.1. The zero-order valence-electron chi connectivity index (χ0n) is 12.2. The van der Waals surface area contributed by atoms with Crippen LogP contribution in [0.3, 0.4) is 0 Å². The van der Waals surface area contributed by atoms with Gasteiger partial charge < -0.3 is 4.74 Å². The molecule has 0 bridgehead atoms. The van der Waals surface area contributed by atoms with Crippen LogP contribution in [0.2, 0.25) is 23.2 Å². The van der Waals surface area contributed by atoms with Crippen LogP contribution in [0.1, 0.15) is 31.9 Å². The highest BCUT2D eigenvalue weighted by atomic mass is 35.5. The topological polar surface area (TPSA) is 26.3 Å². The average molecular weight is 299 g/mol. The Kier molecular flexibility index (Phi) is 6.08. The summed E-state index contributed by atoms with van der Waals surface area (Å²) in [5.74, 6) is -0.112. The van der Waals surface area contributed by atoms with Crippen molar-refractivity contribution in [1.82, 2.24) is 0 Å². The first-order chi connectivity index (χ1) is 9.04. The van der Waals surface area contributed by atoms with Gasteiger partial charge in [0.2, 0.25) is 0 Å². The Hall–Kier alpha value is -0.803. The number of rotatable bonds is 6. The molecule has 0 saturated carbocycles. The second-order valence-corrected chi connectivity index (χ2v) is 10.8. The second-order valence-electron chi connectivity index (χ2n) is 4.93. The summed E-state index contributed by atoms with van der Waals surface area (Å²) in [7, 11) is -0.256. The molecule has 0 unspecified atom stereocenters. The van der Waals surface area contributed by atoms with Crippen molar-refractivity contribution in [2.24, 2.45) is 0 Å². The molecule has 1 atom stereocenters. The minimum atomic E-state index is -1.73. The van der Waals surface area contributed by atoms with Crippen molar-refractivity contribution < 1.29 is 9.53 Å². The van der Waals surface area contributed by atoms with Crippen LogP contribution in [0, 0.1) is 0 Å². The van der Waals surface area contributed by atoms with Crippen LogP contribution in [0.5, 0.6) is 0 Å². The fourth-order valence-electron chi connectivity index (χ4n) is 2.91. The molecular weight excluding hydrogens is 276 g/mol. The van der Waals surface area contributed by atoms with E-state index in [4.69, 9.17) is 16.3 Å². The van der Waals surface area contributed by atoms with E-state index in [1.807, 2.05) is 24.3 Å². The van der Waals surface area contributed by atoms with E-state index in [1.165, 1.54) is 7.11 Å². The Morgan fingerprint density at radius 3 is 2.26 bits per heavy atom. The molecule has 0 spiro atoms. The maximum atomic E-state index is 12.3. The van der Waals surface area contributed by atoms with Gasteiger partial charge in [0.1, 0.15) is 0 Å². The Bertz CT molecular complexity index is 422. The summed E-state index contributed by atoms with van der Waals surface area (Å²) in [6.07, 6.45) is 0. The van der Waals surface area contributed by atoms with Crippen LogP contribution >= 0.6 is 11.6 Å². The van der Waals surface area contributed by atoms with Gasteiger partial charge in [-0.1, -0.05) is 62.6 Å². The number of hydrogen-bond acceptors (Lipinski definition) is 2.